The van der Waals surface area contributed by atoms with Crippen LogP contribution in [0.5, 0.6) is 11.5 Å². The van der Waals surface area contributed by atoms with Crippen LogP contribution in [-0.4, -0.2) is 25.4 Å². The Hall–Kier alpha value is -2.60. The molecule has 0 saturated carbocycles. The molecule has 1 aromatic heterocycles. The van der Waals surface area contributed by atoms with Crippen molar-refractivity contribution in [2.24, 2.45) is 5.10 Å². The molecule has 5 nitrogen and oxygen atoms in total. The number of thiazole rings is 1. The fourth-order valence-electron chi connectivity index (χ4n) is 2.00. The molecule has 0 atom stereocenters. The highest BCUT2D eigenvalue weighted by Crippen LogP contribution is 2.26. The van der Waals surface area contributed by atoms with Crippen LogP contribution in [0.1, 0.15) is 5.56 Å². The zero-order chi connectivity index (χ0) is 15.4. The van der Waals surface area contributed by atoms with Gasteiger partial charge in [-0.15, -0.1) is 0 Å². The normalized spacial score (nSPS) is 11.0. The number of benzene rings is 2. The van der Waals surface area contributed by atoms with Gasteiger partial charge in [-0.05, 0) is 24.3 Å². The number of hydrogen-bond donors (Lipinski definition) is 1. The highest BCUT2D eigenvalue weighted by Gasteiger charge is 2.03. The molecule has 0 amide bonds. The van der Waals surface area contributed by atoms with Crippen molar-refractivity contribution in [2.75, 3.05) is 19.6 Å². The molecule has 0 bridgehead atoms. The summed E-state index contributed by atoms with van der Waals surface area (Å²) >= 11 is 1.56. The van der Waals surface area contributed by atoms with Crippen molar-refractivity contribution in [2.45, 2.75) is 0 Å². The number of fused-ring (bicyclic) bond motifs is 1. The molecule has 1 heterocycles. The van der Waals surface area contributed by atoms with Gasteiger partial charge >= 0.3 is 0 Å². The molecule has 1 N–H and O–H groups in total. The molecule has 0 aliphatic rings. The third-order valence-corrected chi connectivity index (χ3v) is 4.04. The van der Waals surface area contributed by atoms with Gasteiger partial charge in [-0.25, -0.2) is 4.98 Å². The fraction of sp³-hybridized carbons (Fsp3) is 0.125. The van der Waals surface area contributed by atoms with Gasteiger partial charge in [0.25, 0.3) is 0 Å². The van der Waals surface area contributed by atoms with Crippen LogP contribution in [0.3, 0.4) is 0 Å². The van der Waals surface area contributed by atoms with Crippen molar-refractivity contribution in [1.82, 2.24) is 4.98 Å². The third kappa shape index (κ3) is 3.01. The van der Waals surface area contributed by atoms with E-state index in [4.69, 9.17) is 9.47 Å². The first-order valence-corrected chi connectivity index (χ1v) is 7.48. The minimum Gasteiger partial charge on any atom is -0.497 e. The summed E-state index contributed by atoms with van der Waals surface area (Å²) in [7, 11) is 3.24. The number of hydrazone groups is 1. The Labute approximate surface area is 132 Å². The number of nitrogens with one attached hydrogen (secondary N) is 1. The second kappa shape index (κ2) is 6.44. The first kappa shape index (κ1) is 14.3. The van der Waals surface area contributed by atoms with Crippen LogP contribution in [0.2, 0.25) is 0 Å². The van der Waals surface area contributed by atoms with E-state index in [0.717, 1.165) is 26.7 Å². The Balaban J connectivity index is 1.76. The maximum Gasteiger partial charge on any atom is 0.204 e. The predicted molar refractivity (Wildman–Crippen MR) is 90.4 cm³/mol. The summed E-state index contributed by atoms with van der Waals surface area (Å²) < 4.78 is 11.6. The van der Waals surface area contributed by atoms with Gasteiger partial charge in [-0.3, -0.25) is 5.43 Å². The molecule has 0 unspecified atom stereocenters. The number of nitrogens with zero attached hydrogens (tertiary/aromatic N) is 2. The summed E-state index contributed by atoms with van der Waals surface area (Å²) in [5.41, 5.74) is 4.78. The van der Waals surface area contributed by atoms with Crippen LogP contribution in [0.4, 0.5) is 5.13 Å². The van der Waals surface area contributed by atoms with Crippen LogP contribution in [0, 0.1) is 0 Å². The first-order chi connectivity index (χ1) is 10.8. The highest BCUT2D eigenvalue weighted by molar-refractivity contribution is 7.22. The predicted octanol–water partition coefficient (Wildman–Crippen LogP) is 3.76. The second-order valence-electron chi connectivity index (χ2n) is 4.46. The SMILES string of the molecule is COc1ccc(C=NNc2nc3ccccc3s2)c(OC)c1. The topological polar surface area (TPSA) is 55.7 Å². The van der Waals surface area contributed by atoms with Crippen molar-refractivity contribution in [3.05, 3.63) is 48.0 Å². The molecular weight excluding hydrogens is 298 g/mol. The molecule has 2 aromatic carbocycles. The van der Waals surface area contributed by atoms with Crippen LogP contribution in [0.25, 0.3) is 10.2 Å². The highest BCUT2D eigenvalue weighted by atomic mass is 32.1. The number of aromatic nitrogens is 1. The summed E-state index contributed by atoms with van der Waals surface area (Å²) in [5, 5.41) is 4.98. The summed E-state index contributed by atoms with van der Waals surface area (Å²) in [5.74, 6) is 1.45. The Kier molecular flexibility index (Phi) is 4.20. The van der Waals surface area contributed by atoms with E-state index < -0.39 is 0 Å². The van der Waals surface area contributed by atoms with Gasteiger partial charge < -0.3 is 9.47 Å². The van der Waals surface area contributed by atoms with Crippen LogP contribution < -0.4 is 14.9 Å². The maximum atomic E-state index is 5.33. The van der Waals surface area contributed by atoms with Crippen molar-refractivity contribution in [1.29, 1.82) is 0 Å². The number of hydrogen-bond acceptors (Lipinski definition) is 6. The number of methoxy groups -OCH3 is 2. The van der Waals surface area contributed by atoms with Gasteiger partial charge in [-0.2, -0.15) is 5.10 Å². The molecule has 3 aromatic rings. The van der Waals surface area contributed by atoms with Gasteiger partial charge in [0.15, 0.2) is 0 Å². The smallest absolute Gasteiger partial charge is 0.204 e. The maximum absolute atomic E-state index is 5.33. The molecular formula is C16H15N3O2S. The van der Waals surface area contributed by atoms with Crippen molar-refractivity contribution >= 4 is 32.9 Å². The molecule has 0 saturated heterocycles. The molecule has 22 heavy (non-hydrogen) atoms. The minimum atomic E-state index is 0.703. The molecule has 0 radical (unpaired) electrons. The van der Waals surface area contributed by atoms with Gasteiger partial charge in [-0.1, -0.05) is 23.5 Å². The molecule has 0 aliphatic heterocycles. The first-order valence-electron chi connectivity index (χ1n) is 6.67. The Bertz CT molecular complexity index is 781. The van der Waals surface area contributed by atoms with Crippen molar-refractivity contribution < 1.29 is 9.47 Å². The van der Waals surface area contributed by atoms with Crippen molar-refractivity contribution in [3.8, 4) is 11.5 Å². The van der Waals surface area contributed by atoms with Gasteiger partial charge in [0, 0.05) is 11.6 Å². The fourth-order valence-corrected chi connectivity index (χ4v) is 2.82. The van der Waals surface area contributed by atoms with Gasteiger partial charge in [0.2, 0.25) is 5.13 Å². The van der Waals surface area contributed by atoms with E-state index in [2.05, 4.69) is 15.5 Å². The summed E-state index contributed by atoms with van der Waals surface area (Å²) in [6.45, 7) is 0. The third-order valence-electron chi connectivity index (χ3n) is 3.10. The zero-order valence-electron chi connectivity index (χ0n) is 12.2. The van der Waals surface area contributed by atoms with Crippen LogP contribution in [-0.2, 0) is 0 Å². The standard InChI is InChI=1S/C16H15N3O2S/c1-20-12-8-7-11(14(9-12)21-2)10-17-19-16-18-13-5-3-4-6-15(13)22-16/h3-10H,1-2H3,(H,18,19). The largest absolute Gasteiger partial charge is 0.497 e. The number of para-hydroxylation sites is 1. The van der Waals surface area contributed by atoms with E-state index >= 15 is 0 Å². The van der Waals surface area contributed by atoms with Gasteiger partial charge in [0.05, 0.1) is 30.7 Å². The number of rotatable bonds is 5. The van der Waals surface area contributed by atoms with Crippen molar-refractivity contribution in [3.63, 3.8) is 0 Å². The van der Waals surface area contributed by atoms with E-state index in [1.165, 1.54) is 0 Å². The van der Waals surface area contributed by atoms with E-state index in [0.29, 0.717) is 5.75 Å². The van der Waals surface area contributed by atoms with Crippen LogP contribution >= 0.6 is 11.3 Å². The Morgan fingerprint density at radius 3 is 2.77 bits per heavy atom. The van der Waals surface area contributed by atoms with Crippen LogP contribution in [0.15, 0.2) is 47.6 Å². The lowest BCUT2D eigenvalue weighted by Gasteiger charge is -2.06. The Morgan fingerprint density at radius 2 is 2.00 bits per heavy atom. The van der Waals surface area contributed by atoms with E-state index in [-0.39, 0.29) is 0 Å². The quantitative estimate of drug-likeness (QED) is 0.575. The molecule has 0 spiro atoms. The number of ether oxygens (including phenoxy) is 2. The second-order valence-corrected chi connectivity index (χ2v) is 5.50. The summed E-state index contributed by atoms with van der Waals surface area (Å²) in [6, 6.07) is 13.6. The monoisotopic (exact) mass is 313 g/mol. The number of anilines is 1. The summed E-state index contributed by atoms with van der Waals surface area (Å²) in [4.78, 5) is 4.46. The lowest BCUT2D eigenvalue weighted by molar-refractivity contribution is 0.394. The zero-order valence-corrected chi connectivity index (χ0v) is 13.1. The molecule has 0 aliphatic carbocycles. The average molecular weight is 313 g/mol. The molecule has 112 valence electrons. The summed E-state index contributed by atoms with van der Waals surface area (Å²) in [6.07, 6.45) is 1.70. The molecule has 6 heteroatoms. The average Bonchev–Trinajstić information content (AvgIpc) is 2.97. The van der Waals surface area contributed by atoms with Gasteiger partial charge in [0.1, 0.15) is 11.5 Å². The molecule has 0 fully saturated rings. The van der Waals surface area contributed by atoms with E-state index in [1.807, 2.05) is 42.5 Å². The van der Waals surface area contributed by atoms with E-state index in [9.17, 15) is 0 Å². The minimum absolute atomic E-state index is 0.703. The van der Waals surface area contributed by atoms with E-state index in [1.54, 1.807) is 31.8 Å². The molecule has 3 rings (SSSR count). The lowest BCUT2D eigenvalue weighted by Crippen LogP contribution is -1.94. The lowest BCUT2D eigenvalue weighted by atomic mass is 10.2. The Morgan fingerprint density at radius 1 is 1.14 bits per heavy atom.